The average Bonchev–Trinajstić information content (AvgIpc) is 2.76. The number of carbonyl (C=O) groups is 1. The first kappa shape index (κ1) is 7.61. The third-order valence-corrected chi connectivity index (χ3v) is 2.86. The molecule has 0 saturated carbocycles. The summed E-state index contributed by atoms with van der Waals surface area (Å²) in [6.45, 7) is 0. The molecule has 1 aromatic heterocycles. The lowest BCUT2D eigenvalue weighted by Crippen LogP contribution is -2.18. The van der Waals surface area contributed by atoms with Crippen molar-refractivity contribution in [3.8, 4) is 0 Å². The predicted octanol–water partition coefficient (Wildman–Crippen LogP) is 0.460. The highest BCUT2D eigenvalue weighted by atomic mass is 16.3. The number of aliphatic hydroxyl groups is 1. The fourth-order valence-electron chi connectivity index (χ4n) is 2.20. The number of hydrogen-bond acceptors (Lipinski definition) is 4. The van der Waals surface area contributed by atoms with Crippen molar-refractivity contribution in [3.05, 3.63) is 29.7 Å². The lowest BCUT2D eigenvalue weighted by molar-refractivity contribution is -0.116. The van der Waals surface area contributed by atoms with Crippen LogP contribution in [0, 0.1) is 5.92 Å². The van der Waals surface area contributed by atoms with Gasteiger partial charge in [0, 0.05) is 12.3 Å². The lowest BCUT2D eigenvalue weighted by atomic mass is 9.99. The Kier molecular flexibility index (Phi) is 1.29. The molecule has 2 atom stereocenters. The van der Waals surface area contributed by atoms with Crippen LogP contribution in [0.4, 0.5) is 0 Å². The van der Waals surface area contributed by atoms with Crippen molar-refractivity contribution in [2.24, 2.45) is 5.92 Å². The summed E-state index contributed by atoms with van der Waals surface area (Å²) < 4.78 is 5.20. The zero-order valence-electron chi connectivity index (χ0n) is 7.23. The second-order valence-electron chi connectivity index (χ2n) is 3.51. The second-order valence-corrected chi connectivity index (χ2v) is 3.51. The van der Waals surface area contributed by atoms with Crippen molar-refractivity contribution in [2.75, 3.05) is 0 Å². The third kappa shape index (κ3) is 0.742. The molecule has 1 aromatic rings. The van der Waals surface area contributed by atoms with Gasteiger partial charge < -0.3 is 14.8 Å². The van der Waals surface area contributed by atoms with Crippen molar-refractivity contribution in [3.63, 3.8) is 0 Å². The first-order valence-corrected chi connectivity index (χ1v) is 4.38. The smallest absolute Gasteiger partial charge is 0.251 e. The zero-order valence-corrected chi connectivity index (χ0v) is 7.23. The number of fused-ring (bicyclic) bond motifs is 3. The zero-order chi connectivity index (χ0) is 9.71. The minimum absolute atomic E-state index is 0.0186. The van der Waals surface area contributed by atoms with Gasteiger partial charge in [0.2, 0.25) is 0 Å². The maximum atomic E-state index is 11.3. The van der Waals surface area contributed by atoms with Gasteiger partial charge >= 0.3 is 0 Å². The van der Waals surface area contributed by atoms with E-state index in [1.165, 1.54) is 6.39 Å². The highest BCUT2D eigenvalue weighted by Crippen LogP contribution is 2.43. The van der Waals surface area contributed by atoms with Gasteiger partial charge in [-0.1, -0.05) is 0 Å². The maximum Gasteiger partial charge on any atom is 0.251 e. The fourth-order valence-corrected chi connectivity index (χ4v) is 2.20. The monoisotopic (exact) mass is 192 g/mol. The van der Waals surface area contributed by atoms with Gasteiger partial charge in [-0.05, 0) is 0 Å². The third-order valence-electron chi connectivity index (χ3n) is 2.86. The summed E-state index contributed by atoms with van der Waals surface area (Å²) in [7, 11) is 0. The van der Waals surface area contributed by atoms with Crippen LogP contribution in [0.1, 0.15) is 17.5 Å². The molecule has 1 amide bonds. The van der Waals surface area contributed by atoms with Crippen molar-refractivity contribution < 1.29 is 14.3 Å². The van der Waals surface area contributed by atoms with Crippen LogP contribution < -0.4 is 5.32 Å². The topological polar surface area (TPSA) is 75.4 Å². The number of amides is 1. The molecular weight excluding hydrogens is 184 g/mol. The molecule has 2 N–H and O–H groups in total. The van der Waals surface area contributed by atoms with Crippen LogP contribution in [0.25, 0.3) is 0 Å². The Labute approximate surface area is 79.4 Å². The number of nitrogens with zero attached hydrogens (tertiary/aromatic N) is 1. The minimum atomic E-state index is -0.218. The standard InChI is InChI=1S/C9H8N2O3/c12-2-5-4-1-6-8(14-3-10-6)7(4)11-9(5)13/h2-4,7,12H,1H2,(H,11,13)/b5-2-. The normalized spacial score (nSPS) is 31.7. The molecule has 2 aliphatic rings. The number of nitrogens with one attached hydrogen (secondary N) is 1. The molecule has 0 aromatic carbocycles. The molecule has 72 valence electrons. The van der Waals surface area contributed by atoms with Crippen molar-refractivity contribution in [1.82, 2.24) is 10.3 Å². The van der Waals surface area contributed by atoms with E-state index in [4.69, 9.17) is 9.52 Å². The molecule has 0 bridgehead atoms. The van der Waals surface area contributed by atoms with E-state index >= 15 is 0 Å². The number of aliphatic hydroxyl groups excluding tert-OH is 1. The Hall–Kier alpha value is -1.78. The molecule has 5 nitrogen and oxygen atoms in total. The number of rotatable bonds is 0. The molecule has 5 heteroatoms. The van der Waals surface area contributed by atoms with Crippen LogP contribution in [0.2, 0.25) is 0 Å². The van der Waals surface area contributed by atoms with E-state index in [-0.39, 0.29) is 17.9 Å². The van der Waals surface area contributed by atoms with Crippen LogP contribution in [-0.2, 0) is 11.2 Å². The summed E-state index contributed by atoms with van der Waals surface area (Å²) in [5, 5.41) is 11.7. The molecule has 1 aliphatic heterocycles. The Morgan fingerprint density at radius 1 is 1.71 bits per heavy atom. The van der Waals surface area contributed by atoms with Crippen LogP contribution in [0.3, 0.4) is 0 Å². The molecule has 1 saturated heterocycles. The second kappa shape index (κ2) is 2.37. The average molecular weight is 192 g/mol. The predicted molar refractivity (Wildman–Crippen MR) is 45.3 cm³/mol. The number of aromatic nitrogens is 1. The van der Waals surface area contributed by atoms with Gasteiger partial charge in [0.25, 0.3) is 5.91 Å². The Morgan fingerprint density at radius 2 is 2.57 bits per heavy atom. The van der Waals surface area contributed by atoms with E-state index in [9.17, 15) is 4.79 Å². The van der Waals surface area contributed by atoms with Crippen LogP contribution >= 0.6 is 0 Å². The van der Waals surface area contributed by atoms with Gasteiger partial charge in [-0.3, -0.25) is 4.79 Å². The summed E-state index contributed by atoms with van der Waals surface area (Å²) >= 11 is 0. The van der Waals surface area contributed by atoms with Crippen molar-refractivity contribution in [1.29, 1.82) is 0 Å². The van der Waals surface area contributed by atoms with Gasteiger partial charge in [0.05, 0.1) is 23.6 Å². The van der Waals surface area contributed by atoms with Gasteiger partial charge in [-0.15, -0.1) is 0 Å². The largest absolute Gasteiger partial charge is 0.515 e. The molecule has 0 radical (unpaired) electrons. The van der Waals surface area contributed by atoms with Gasteiger partial charge in [-0.25, -0.2) is 4.98 Å². The molecule has 1 fully saturated rings. The van der Waals surface area contributed by atoms with E-state index in [1.807, 2.05) is 0 Å². The van der Waals surface area contributed by atoms with E-state index in [0.717, 1.165) is 17.7 Å². The van der Waals surface area contributed by atoms with E-state index in [0.29, 0.717) is 12.0 Å². The first-order chi connectivity index (χ1) is 6.81. The number of oxazole rings is 1. The first-order valence-electron chi connectivity index (χ1n) is 4.38. The van der Waals surface area contributed by atoms with Crippen LogP contribution in [0.5, 0.6) is 0 Å². The summed E-state index contributed by atoms with van der Waals surface area (Å²) in [6.07, 6.45) is 2.92. The molecule has 1 aliphatic carbocycles. The number of hydrogen-bond donors (Lipinski definition) is 2. The molecule has 3 rings (SSSR count). The highest BCUT2D eigenvalue weighted by molar-refractivity contribution is 5.97. The SMILES string of the molecule is O=C1NC2c3ocnc3CC2/C1=C/O. The van der Waals surface area contributed by atoms with Crippen molar-refractivity contribution >= 4 is 5.91 Å². The highest BCUT2D eigenvalue weighted by Gasteiger charge is 2.46. The lowest BCUT2D eigenvalue weighted by Gasteiger charge is -2.05. The summed E-state index contributed by atoms with van der Waals surface area (Å²) in [5.74, 6) is 0.486. The molecule has 14 heavy (non-hydrogen) atoms. The van der Waals surface area contributed by atoms with Crippen molar-refractivity contribution in [2.45, 2.75) is 12.5 Å². The van der Waals surface area contributed by atoms with E-state index in [1.54, 1.807) is 0 Å². The van der Waals surface area contributed by atoms with Crippen LogP contribution in [0.15, 0.2) is 22.6 Å². The van der Waals surface area contributed by atoms with E-state index < -0.39 is 0 Å². The molecule has 2 heterocycles. The minimum Gasteiger partial charge on any atom is -0.515 e. The summed E-state index contributed by atoms with van der Waals surface area (Å²) in [4.78, 5) is 15.4. The fraction of sp³-hybridized carbons (Fsp3) is 0.333. The Morgan fingerprint density at radius 3 is 3.36 bits per heavy atom. The van der Waals surface area contributed by atoms with E-state index in [2.05, 4.69) is 10.3 Å². The molecular formula is C9H8N2O3. The van der Waals surface area contributed by atoms with Gasteiger partial charge in [-0.2, -0.15) is 0 Å². The number of carbonyl (C=O) groups excluding carboxylic acids is 1. The maximum absolute atomic E-state index is 11.3. The van der Waals surface area contributed by atoms with Gasteiger partial charge in [0.15, 0.2) is 6.39 Å². The molecule has 2 unspecified atom stereocenters. The van der Waals surface area contributed by atoms with Gasteiger partial charge in [0.1, 0.15) is 5.76 Å². The Bertz CT molecular complexity index is 435. The Balaban J connectivity index is 2.07. The van der Waals surface area contributed by atoms with Crippen LogP contribution in [-0.4, -0.2) is 16.0 Å². The quantitative estimate of drug-likeness (QED) is 0.462. The summed E-state index contributed by atoms with van der Waals surface area (Å²) in [5.41, 5.74) is 1.29. The molecule has 0 spiro atoms. The summed E-state index contributed by atoms with van der Waals surface area (Å²) in [6, 6.07) is -0.140.